The fourth-order valence-electron chi connectivity index (χ4n) is 1.70. The lowest BCUT2D eigenvalue weighted by Crippen LogP contribution is -2.47. The lowest BCUT2D eigenvalue weighted by atomic mass is 10.3. The Bertz CT molecular complexity index is 454. The molecule has 0 aliphatic rings. The number of nitrogens with zero attached hydrogens (tertiary/aromatic N) is 2. The van der Waals surface area contributed by atoms with Gasteiger partial charge in [-0.3, -0.25) is 4.55 Å². The topological polar surface area (TPSA) is 112 Å². The summed E-state index contributed by atoms with van der Waals surface area (Å²) in [4.78, 5) is 10.00. The van der Waals surface area contributed by atoms with E-state index in [9.17, 15) is 18.3 Å². The third-order valence-electron chi connectivity index (χ3n) is 2.34. The first kappa shape index (κ1) is 23.3. The molecule has 8 nitrogen and oxygen atoms in total. The van der Waals surface area contributed by atoms with Crippen LogP contribution >= 0.6 is 0 Å². The summed E-state index contributed by atoms with van der Waals surface area (Å²) in [5.74, 6) is -1.37. The number of hydrogen-bond donors (Lipinski definition) is 3. The van der Waals surface area contributed by atoms with E-state index in [4.69, 9.17) is 9.66 Å². The summed E-state index contributed by atoms with van der Waals surface area (Å²) < 4.78 is 30.3. The lowest BCUT2D eigenvalue weighted by molar-refractivity contribution is -0.887. The quantitative estimate of drug-likeness (QED) is 0.305. The molecule has 0 rings (SSSR count). The fraction of sp³-hybridized carbons (Fsp3) is 0.769. The summed E-state index contributed by atoms with van der Waals surface area (Å²) in [5, 5.41) is 17.6. The van der Waals surface area contributed by atoms with Crippen LogP contribution in [0.2, 0.25) is 0 Å². The van der Waals surface area contributed by atoms with Gasteiger partial charge in [0.2, 0.25) is 0 Å². The van der Waals surface area contributed by atoms with Gasteiger partial charge in [0.15, 0.2) is 6.54 Å². The summed E-state index contributed by atoms with van der Waals surface area (Å²) >= 11 is 0. The minimum Gasteiger partial charge on any atom is -0.477 e. The average Bonchev–Trinajstić information content (AvgIpc) is 2.07. The molecule has 0 aromatic heterocycles. The zero-order chi connectivity index (χ0) is 18.2. The SMILES string of the molecule is C=CC[N+](C)(C)CC(O)CS(=O)(=O)O.C[N+](C)(C)CC(=O)O. The monoisotopic (exact) mass is 342 g/mol. The maximum absolute atomic E-state index is 10.5. The van der Waals surface area contributed by atoms with Crippen LogP contribution in [0.3, 0.4) is 0 Å². The number of rotatable bonds is 8. The van der Waals surface area contributed by atoms with Crippen molar-refractivity contribution in [2.45, 2.75) is 6.10 Å². The molecule has 0 aromatic rings. The van der Waals surface area contributed by atoms with E-state index in [1.807, 2.05) is 35.2 Å². The zero-order valence-electron chi connectivity index (χ0n) is 14.1. The van der Waals surface area contributed by atoms with E-state index >= 15 is 0 Å². The van der Waals surface area contributed by atoms with E-state index in [0.717, 1.165) is 0 Å². The predicted octanol–water partition coefficient (Wildman–Crippen LogP) is -0.725. The van der Waals surface area contributed by atoms with Gasteiger partial charge in [-0.15, -0.1) is 0 Å². The van der Waals surface area contributed by atoms with E-state index in [1.165, 1.54) is 0 Å². The molecular formula is C13H30N2O6S+2. The first-order chi connectivity index (χ1) is 9.58. The maximum atomic E-state index is 10.5. The maximum Gasteiger partial charge on any atom is 0.359 e. The van der Waals surface area contributed by atoms with Crippen molar-refractivity contribution in [3.63, 3.8) is 0 Å². The number of aliphatic carboxylic acids is 1. The summed E-state index contributed by atoms with van der Waals surface area (Å²) in [6.45, 7) is 4.63. The number of carboxylic acid groups (broad SMARTS) is 1. The van der Waals surface area contributed by atoms with E-state index in [1.54, 1.807) is 6.08 Å². The molecule has 0 spiro atoms. The van der Waals surface area contributed by atoms with E-state index in [2.05, 4.69) is 6.58 Å². The van der Waals surface area contributed by atoms with Crippen molar-refractivity contribution in [1.82, 2.24) is 0 Å². The lowest BCUT2D eigenvalue weighted by Gasteiger charge is -2.30. The summed E-state index contributed by atoms with van der Waals surface area (Å²) in [5.41, 5.74) is 0. The molecule has 9 heteroatoms. The number of carbonyl (C=O) groups is 1. The van der Waals surface area contributed by atoms with Crippen LogP contribution in [-0.2, 0) is 14.9 Å². The third-order valence-corrected chi connectivity index (χ3v) is 3.15. The molecule has 0 saturated carbocycles. The molecule has 0 aromatic carbocycles. The standard InChI is InChI=1S/C8H17NO4S.C5H11NO2/c1-4-5-9(2,3)6-8(10)7-14(11,12)13;1-6(2,3)4-5(7)8/h4,8,10H,1,5-7H2,2-3H3;4H2,1-3H3/p+2. The summed E-state index contributed by atoms with van der Waals surface area (Å²) in [6, 6.07) is 0. The molecule has 0 aliphatic carbocycles. The van der Waals surface area contributed by atoms with Crippen LogP contribution in [-0.4, -0.2) is 105 Å². The molecule has 3 N–H and O–H groups in total. The molecule has 132 valence electrons. The smallest absolute Gasteiger partial charge is 0.359 e. The van der Waals surface area contributed by atoms with Crippen molar-refractivity contribution >= 4 is 16.1 Å². The highest BCUT2D eigenvalue weighted by molar-refractivity contribution is 7.85. The van der Waals surface area contributed by atoms with Crippen LogP contribution in [0.4, 0.5) is 0 Å². The Hall–Kier alpha value is -1.00. The molecular weight excluding hydrogens is 312 g/mol. The van der Waals surface area contributed by atoms with Gasteiger partial charge in [0.25, 0.3) is 10.1 Å². The molecule has 0 aliphatic heterocycles. The van der Waals surface area contributed by atoms with Crippen molar-refractivity contribution in [1.29, 1.82) is 0 Å². The van der Waals surface area contributed by atoms with Crippen molar-refractivity contribution in [2.75, 3.05) is 60.6 Å². The van der Waals surface area contributed by atoms with Gasteiger partial charge >= 0.3 is 5.97 Å². The predicted molar refractivity (Wildman–Crippen MR) is 85.0 cm³/mol. The van der Waals surface area contributed by atoms with Gasteiger partial charge in [-0.2, -0.15) is 8.42 Å². The second kappa shape index (κ2) is 9.21. The molecule has 0 saturated heterocycles. The van der Waals surface area contributed by atoms with Crippen LogP contribution in [0.25, 0.3) is 0 Å². The molecule has 1 atom stereocenters. The van der Waals surface area contributed by atoms with Crippen molar-refractivity contribution < 1.29 is 36.9 Å². The highest BCUT2D eigenvalue weighted by atomic mass is 32.2. The normalized spacial score (nSPS) is 13.8. The van der Waals surface area contributed by atoms with Gasteiger partial charge in [-0.05, 0) is 6.08 Å². The van der Waals surface area contributed by atoms with Crippen molar-refractivity contribution in [2.24, 2.45) is 0 Å². The van der Waals surface area contributed by atoms with E-state index in [-0.39, 0.29) is 13.1 Å². The Morgan fingerprint density at radius 2 is 1.68 bits per heavy atom. The molecule has 0 heterocycles. The van der Waals surface area contributed by atoms with Crippen LogP contribution in [0, 0.1) is 0 Å². The number of likely N-dealkylation sites (N-methyl/N-ethyl adjacent to an activating group) is 2. The molecule has 0 bridgehead atoms. The van der Waals surface area contributed by atoms with Gasteiger partial charge in [0, 0.05) is 0 Å². The highest BCUT2D eigenvalue weighted by Crippen LogP contribution is 2.01. The highest BCUT2D eigenvalue weighted by Gasteiger charge is 2.23. The van der Waals surface area contributed by atoms with Gasteiger partial charge in [-0.1, -0.05) is 6.58 Å². The van der Waals surface area contributed by atoms with E-state index in [0.29, 0.717) is 15.5 Å². The largest absolute Gasteiger partial charge is 0.477 e. The van der Waals surface area contributed by atoms with Crippen LogP contribution < -0.4 is 0 Å². The summed E-state index contributed by atoms with van der Waals surface area (Å²) in [7, 11) is 5.11. The van der Waals surface area contributed by atoms with Crippen LogP contribution in [0.1, 0.15) is 0 Å². The first-order valence-electron chi connectivity index (χ1n) is 6.66. The minimum absolute atomic E-state index is 0.181. The Balaban J connectivity index is 0. The Labute approximate surface area is 133 Å². The van der Waals surface area contributed by atoms with Gasteiger partial charge < -0.3 is 19.2 Å². The Morgan fingerprint density at radius 1 is 1.23 bits per heavy atom. The van der Waals surface area contributed by atoms with Crippen LogP contribution in [0.15, 0.2) is 12.7 Å². The number of aliphatic hydroxyl groups excluding tert-OH is 1. The van der Waals surface area contributed by atoms with Crippen molar-refractivity contribution in [3.05, 3.63) is 12.7 Å². The average molecular weight is 342 g/mol. The van der Waals surface area contributed by atoms with Gasteiger partial charge in [-0.25, -0.2) is 4.79 Å². The zero-order valence-corrected chi connectivity index (χ0v) is 14.9. The Kier molecular flexibility index (Phi) is 9.74. The Morgan fingerprint density at radius 3 is 1.91 bits per heavy atom. The van der Waals surface area contributed by atoms with Crippen molar-refractivity contribution in [3.8, 4) is 0 Å². The summed E-state index contributed by atoms with van der Waals surface area (Å²) in [6.07, 6.45) is 0.639. The second-order valence-electron chi connectivity index (χ2n) is 6.83. The number of quaternary nitrogens is 2. The van der Waals surface area contributed by atoms with Crippen LogP contribution in [0.5, 0.6) is 0 Å². The molecule has 22 heavy (non-hydrogen) atoms. The molecule has 0 fully saturated rings. The number of hydrogen-bond acceptors (Lipinski definition) is 4. The second-order valence-corrected chi connectivity index (χ2v) is 8.33. The molecule has 1 unspecified atom stereocenters. The fourth-order valence-corrected chi connectivity index (χ4v) is 2.29. The van der Waals surface area contributed by atoms with Gasteiger partial charge in [0.1, 0.15) is 18.4 Å². The van der Waals surface area contributed by atoms with E-state index < -0.39 is 27.9 Å². The molecule has 0 radical (unpaired) electrons. The number of aliphatic hydroxyl groups is 1. The third kappa shape index (κ3) is 19.0. The number of carboxylic acids is 1. The first-order valence-corrected chi connectivity index (χ1v) is 8.27. The minimum atomic E-state index is -4.10. The molecule has 0 amide bonds. The van der Waals surface area contributed by atoms with Gasteiger partial charge in [0.05, 0.1) is 41.8 Å².